The molecule has 0 atom stereocenters. The van der Waals surface area contributed by atoms with Crippen LogP contribution < -0.4 is 11.1 Å². The quantitative estimate of drug-likeness (QED) is 0.443. The minimum atomic E-state index is -0.171. The molecule has 0 saturated heterocycles. The molecule has 0 fully saturated rings. The lowest BCUT2D eigenvalue weighted by molar-refractivity contribution is 0.103. The van der Waals surface area contributed by atoms with Crippen LogP contribution in [-0.4, -0.2) is 22.3 Å². The van der Waals surface area contributed by atoms with Gasteiger partial charge in [0.2, 0.25) is 0 Å². The predicted octanol–water partition coefficient (Wildman–Crippen LogP) is 5.25. The number of benzene rings is 2. The number of nitrogens with one attached hydrogen (secondary N) is 1. The number of thiophene rings is 1. The zero-order valence-corrected chi connectivity index (χ0v) is 18.9. The first-order valence-corrected chi connectivity index (χ1v) is 11.8. The van der Waals surface area contributed by atoms with Crippen LogP contribution in [0, 0.1) is 0 Å². The fourth-order valence-corrected chi connectivity index (χ4v) is 5.32. The van der Waals surface area contributed by atoms with Gasteiger partial charge in [-0.05, 0) is 35.2 Å². The Morgan fingerprint density at radius 2 is 1.94 bits per heavy atom. The summed E-state index contributed by atoms with van der Waals surface area (Å²) in [4.78, 5) is 21.7. The monoisotopic (exact) mass is 442 g/mol. The van der Waals surface area contributed by atoms with Gasteiger partial charge in [-0.25, -0.2) is 4.98 Å². The van der Waals surface area contributed by atoms with Gasteiger partial charge in [0.25, 0.3) is 5.91 Å². The van der Waals surface area contributed by atoms with Crippen LogP contribution in [0.1, 0.15) is 39.0 Å². The molecule has 32 heavy (non-hydrogen) atoms. The number of para-hydroxylation sites is 1. The van der Waals surface area contributed by atoms with Crippen LogP contribution in [0.5, 0.6) is 0 Å². The molecular formula is C26H26N4OS. The summed E-state index contributed by atoms with van der Waals surface area (Å²) in [5.41, 5.74) is 12.5. The third-order valence-corrected chi connectivity index (χ3v) is 7.16. The standard InChI is InChI=1S/C26H26N4OS/c1-2-18-10-6-7-11-21(18)28-25(31)24-23(27)20-14-19-16-30(15-17-8-4-3-5-9-17)13-12-22(19)29-26(20)32-24/h3-11,14H,2,12-13,15-16,27H2,1H3,(H,28,31). The number of rotatable bonds is 5. The topological polar surface area (TPSA) is 71.2 Å². The van der Waals surface area contributed by atoms with Gasteiger partial charge in [0, 0.05) is 42.8 Å². The zero-order chi connectivity index (χ0) is 22.1. The summed E-state index contributed by atoms with van der Waals surface area (Å²) in [5.74, 6) is -0.171. The van der Waals surface area contributed by atoms with Crippen molar-refractivity contribution in [1.29, 1.82) is 0 Å². The maximum atomic E-state index is 13.0. The number of pyridine rings is 1. The zero-order valence-electron chi connectivity index (χ0n) is 18.1. The van der Waals surface area contributed by atoms with Crippen LogP contribution >= 0.6 is 11.3 Å². The summed E-state index contributed by atoms with van der Waals surface area (Å²) >= 11 is 1.38. The van der Waals surface area contributed by atoms with E-state index in [9.17, 15) is 4.79 Å². The molecule has 0 spiro atoms. The van der Waals surface area contributed by atoms with Crippen molar-refractivity contribution in [3.8, 4) is 0 Å². The third-order valence-electron chi connectivity index (χ3n) is 6.05. The van der Waals surface area contributed by atoms with Gasteiger partial charge in [0.15, 0.2) is 0 Å². The van der Waals surface area contributed by atoms with Gasteiger partial charge in [0.1, 0.15) is 9.71 Å². The highest BCUT2D eigenvalue weighted by atomic mass is 32.1. The largest absolute Gasteiger partial charge is 0.397 e. The van der Waals surface area contributed by atoms with Gasteiger partial charge in [-0.3, -0.25) is 9.69 Å². The van der Waals surface area contributed by atoms with Crippen LogP contribution in [0.4, 0.5) is 11.4 Å². The Bertz CT molecular complexity index is 1280. The normalized spacial score (nSPS) is 13.8. The van der Waals surface area contributed by atoms with E-state index in [4.69, 9.17) is 10.7 Å². The Labute approximate surface area is 191 Å². The average molecular weight is 443 g/mol. The van der Waals surface area contributed by atoms with Crippen molar-refractivity contribution in [1.82, 2.24) is 9.88 Å². The van der Waals surface area contributed by atoms with Gasteiger partial charge < -0.3 is 11.1 Å². The number of hydrogen-bond acceptors (Lipinski definition) is 5. The van der Waals surface area contributed by atoms with E-state index in [1.807, 2.05) is 30.3 Å². The highest BCUT2D eigenvalue weighted by Crippen LogP contribution is 2.36. The molecule has 3 N–H and O–H groups in total. The number of aromatic nitrogens is 1. The van der Waals surface area contributed by atoms with Crippen LogP contribution in [0.3, 0.4) is 0 Å². The number of hydrogen-bond donors (Lipinski definition) is 2. The molecule has 0 aliphatic carbocycles. The second-order valence-electron chi connectivity index (χ2n) is 8.20. The van der Waals surface area contributed by atoms with Crippen LogP contribution in [0.15, 0.2) is 60.7 Å². The van der Waals surface area contributed by atoms with Gasteiger partial charge in [0.05, 0.1) is 5.69 Å². The number of amides is 1. The molecule has 1 amide bonds. The summed E-state index contributed by atoms with van der Waals surface area (Å²) in [6, 6.07) is 20.5. The van der Waals surface area contributed by atoms with E-state index in [0.717, 1.165) is 59.6 Å². The summed E-state index contributed by atoms with van der Waals surface area (Å²) in [7, 11) is 0. The van der Waals surface area contributed by atoms with Crippen molar-refractivity contribution in [2.75, 3.05) is 17.6 Å². The molecule has 0 bridgehead atoms. The highest BCUT2D eigenvalue weighted by molar-refractivity contribution is 7.21. The number of fused-ring (bicyclic) bond motifs is 2. The lowest BCUT2D eigenvalue weighted by Gasteiger charge is -2.28. The summed E-state index contributed by atoms with van der Waals surface area (Å²) in [6.07, 6.45) is 1.76. The molecule has 2 aromatic heterocycles. The Morgan fingerprint density at radius 3 is 2.75 bits per heavy atom. The first-order chi connectivity index (χ1) is 15.6. The van der Waals surface area contributed by atoms with Crippen LogP contribution in [0.25, 0.3) is 10.2 Å². The first kappa shape index (κ1) is 20.7. The number of aryl methyl sites for hydroxylation is 1. The lowest BCUT2D eigenvalue weighted by Crippen LogP contribution is -2.30. The molecular weight excluding hydrogens is 416 g/mol. The fourth-order valence-electron chi connectivity index (χ4n) is 4.33. The molecule has 0 radical (unpaired) electrons. The third kappa shape index (κ3) is 3.99. The number of carbonyl (C=O) groups is 1. The van der Waals surface area contributed by atoms with E-state index in [1.54, 1.807) is 0 Å². The Kier molecular flexibility index (Phi) is 5.64. The molecule has 3 heterocycles. The summed E-state index contributed by atoms with van der Waals surface area (Å²) < 4.78 is 0. The first-order valence-electron chi connectivity index (χ1n) is 11.0. The van der Waals surface area contributed by atoms with E-state index in [1.165, 1.54) is 22.5 Å². The van der Waals surface area contributed by atoms with E-state index >= 15 is 0 Å². The molecule has 0 unspecified atom stereocenters. The fraction of sp³-hybridized carbons (Fsp3) is 0.231. The van der Waals surface area contributed by atoms with Gasteiger partial charge >= 0.3 is 0 Å². The molecule has 4 aromatic rings. The van der Waals surface area contributed by atoms with Crippen molar-refractivity contribution < 1.29 is 4.79 Å². The lowest BCUT2D eigenvalue weighted by atomic mass is 10.0. The number of nitrogen functional groups attached to an aromatic ring is 1. The molecule has 0 saturated carbocycles. The molecule has 162 valence electrons. The SMILES string of the molecule is CCc1ccccc1NC(=O)c1sc2nc3c(cc2c1N)CN(Cc1ccccc1)CC3. The van der Waals surface area contributed by atoms with Crippen molar-refractivity contribution in [2.45, 2.75) is 32.9 Å². The minimum Gasteiger partial charge on any atom is -0.397 e. The van der Waals surface area contributed by atoms with E-state index in [-0.39, 0.29) is 5.91 Å². The van der Waals surface area contributed by atoms with E-state index < -0.39 is 0 Å². The van der Waals surface area contributed by atoms with E-state index in [0.29, 0.717) is 10.6 Å². The molecule has 2 aromatic carbocycles. The summed E-state index contributed by atoms with van der Waals surface area (Å²) in [5, 5.41) is 3.92. The number of nitrogens with zero attached hydrogens (tertiary/aromatic N) is 2. The molecule has 1 aliphatic rings. The molecule has 5 rings (SSSR count). The number of anilines is 2. The smallest absolute Gasteiger partial charge is 0.267 e. The van der Waals surface area contributed by atoms with Crippen molar-refractivity contribution >= 4 is 38.8 Å². The van der Waals surface area contributed by atoms with Crippen LogP contribution in [-0.2, 0) is 25.9 Å². The summed E-state index contributed by atoms with van der Waals surface area (Å²) in [6.45, 7) is 4.81. The maximum Gasteiger partial charge on any atom is 0.267 e. The maximum absolute atomic E-state index is 13.0. The Morgan fingerprint density at radius 1 is 1.16 bits per heavy atom. The molecule has 6 heteroatoms. The second kappa shape index (κ2) is 8.73. The van der Waals surface area contributed by atoms with Gasteiger partial charge in [-0.2, -0.15) is 0 Å². The molecule has 5 nitrogen and oxygen atoms in total. The van der Waals surface area contributed by atoms with Gasteiger partial charge in [-0.1, -0.05) is 55.5 Å². The van der Waals surface area contributed by atoms with Crippen molar-refractivity contribution in [2.24, 2.45) is 0 Å². The van der Waals surface area contributed by atoms with Crippen molar-refractivity contribution in [3.05, 3.63) is 87.9 Å². The van der Waals surface area contributed by atoms with Gasteiger partial charge in [-0.15, -0.1) is 11.3 Å². The molecule has 1 aliphatic heterocycles. The Hall–Kier alpha value is -3.22. The average Bonchev–Trinajstić information content (AvgIpc) is 3.14. The predicted molar refractivity (Wildman–Crippen MR) is 132 cm³/mol. The highest BCUT2D eigenvalue weighted by Gasteiger charge is 2.23. The van der Waals surface area contributed by atoms with Crippen LogP contribution in [0.2, 0.25) is 0 Å². The second-order valence-corrected chi connectivity index (χ2v) is 9.20. The van der Waals surface area contributed by atoms with Crippen molar-refractivity contribution in [3.63, 3.8) is 0 Å². The Balaban J connectivity index is 1.40. The van der Waals surface area contributed by atoms with E-state index in [2.05, 4.69) is 47.5 Å². The number of carbonyl (C=O) groups excluding carboxylic acids is 1. The number of nitrogens with two attached hydrogens (primary N) is 1. The minimum absolute atomic E-state index is 0.171.